The van der Waals surface area contributed by atoms with Gasteiger partial charge in [0.25, 0.3) is 10.2 Å². The molecule has 1 aliphatic heterocycles. The number of nitrogens with zero attached hydrogens (tertiary/aromatic N) is 3. The molecular formula is C20H21F3N4O4S. The van der Waals surface area contributed by atoms with Gasteiger partial charge in [-0.15, -0.1) is 0 Å². The van der Waals surface area contributed by atoms with Crippen molar-refractivity contribution >= 4 is 22.0 Å². The van der Waals surface area contributed by atoms with E-state index < -0.39 is 39.4 Å². The Balaban J connectivity index is 1.41. The lowest BCUT2D eigenvalue weighted by Crippen LogP contribution is -2.56. The summed E-state index contributed by atoms with van der Waals surface area (Å²) in [5, 5.41) is 9.73. The van der Waals surface area contributed by atoms with Crippen LogP contribution in [-0.2, 0) is 21.2 Å². The van der Waals surface area contributed by atoms with Gasteiger partial charge in [0.05, 0.1) is 5.56 Å². The third-order valence-corrected chi connectivity index (χ3v) is 7.50. The van der Waals surface area contributed by atoms with Gasteiger partial charge in [0.2, 0.25) is 0 Å². The molecule has 1 saturated heterocycles. The average molecular weight is 470 g/mol. The van der Waals surface area contributed by atoms with Crippen molar-refractivity contribution in [3.8, 4) is 0 Å². The Morgan fingerprint density at radius 2 is 1.75 bits per heavy atom. The van der Waals surface area contributed by atoms with Crippen molar-refractivity contribution in [3.05, 3.63) is 59.8 Å². The third-order valence-electron chi connectivity index (χ3n) is 5.83. The lowest BCUT2D eigenvalue weighted by atomic mass is 10.1. The van der Waals surface area contributed by atoms with E-state index >= 15 is 0 Å². The predicted molar refractivity (Wildman–Crippen MR) is 109 cm³/mol. The second kappa shape index (κ2) is 8.01. The molecule has 2 heterocycles. The normalized spacial score (nSPS) is 24.3. The number of hydrogen-bond donors (Lipinski definition) is 2. The topological polar surface area (TPSA) is 103 Å². The van der Waals surface area contributed by atoms with Crippen LogP contribution in [0.25, 0.3) is 0 Å². The Morgan fingerprint density at radius 3 is 2.28 bits per heavy atom. The Hall–Kier alpha value is -2.70. The van der Waals surface area contributed by atoms with Gasteiger partial charge in [-0.2, -0.15) is 30.6 Å². The smallest absolute Gasteiger partial charge is 0.417 e. The number of alkyl halides is 3. The van der Waals surface area contributed by atoms with E-state index in [2.05, 4.69) is 9.71 Å². The molecule has 1 aromatic heterocycles. The van der Waals surface area contributed by atoms with Crippen LogP contribution in [0.1, 0.15) is 23.5 Å². The number of piperazine rings is 1. The van der Waals surface area contributed by atoms with Crippen LogP contribution in [0.3, 0.4) is 0 Å². The SMILES string of the molecule is O=C(O)[C@@]1(NS(=O)(=O)N2CCN(c3ccc(C(F)(F)F)cn3)CC2)C[C@H]1c1ccccc1. The number of hydrogen-bond acceptors (Lipinski definition) is 5. The minimum Gasteiger partial charge on any atom is -0.480 e. The van der Waals surface area contributed by atoms with Gasteiger partial charge in [-0.05, 0) is 24.1 Å². The van der Waals surface area contributed by atoms with Gasteiger partial charge in [-0.1, -0.05) is 30.3 Å². The van der Waals surface area contributed by atoms with Crippen LogP contribution in [0.5, 0.6) is 0 Å². The fourth-order valence-electron chi connectivity index (χ4n) is 3.94. The first-order valence-corrected chi connectivity index (χ1v) is 11.3. The maximum Gasteiger partial charge on any atom is 0.417 e. The average Bonchev–Trinajstić information content (AvgIpc) is 3.49. The highest BCUT2D eigenvalue weighted by molar-refractivity contribution is 7.87. The van der Waals surface area contributed by atoms with Crippen molar-refractivity contribution in [2.24, 2.45) is 0 Å². The minimum absolute atomic E-state index is 0.0454. The number of pyridine rings is 1. The summed E-state index contributed by atoms with van der Waals surface area (Å²) >= 11 is 0. The van der Waals surface area contributed by atoms with E-state index in [1.54, 1.807) is 35.2 Å². The maximum atomic E-state index is 12.9. The molecule has 2 aliphatic rings. The van der Waals surface area contributed by atoms with Crippen LogP contribution in [0.4, 0.5) is 19.0 Å². The van der Waals surface area contributed by atoms with Crippen LogP contribution >= 0.6 is 0 Å². The summed E-state index contributed by atoms with van der Waals surface area (Å²) in [5.41, 5.74) is -1.70. The summed E-state index contributed by atoms with van der Waals surface area (Å²) in [5.74, 6) is -1.38. The van der Waals surface area contributed by atoms with Crippen LogP contribution in [-0.4, -0.2) is 60.5 Å². The van der Waals surface area contributed by atoms with Gasteiger partial charge < -0.3 is 10.0 Å². The van der Waals surface area contributed by atoms with Crippen LogP contribution < -0.4 is 9.62 Å². The van der Waals surface area contributed by atoms with Crippen molar-refractivity contribution in [2.45, 2.75) is 24.1 Å². The second-order valence-corrected chi connectivity index (χ2v) is 9.51. The van der Waals surface area contributed by atoms with Crippen LogP contribution in [0.15, 0.2) is 48.7 Å². The molecule has 1 saturated carbocycles. The van der Waals surface area contributed by atoms with Crippen molar-refractivity contribution in [1.29, 1.82) is 0 Å². The first kappa shape index (κ1) is 22.5. The Bertz CT molecular complexity index is 1090. The molecule has 4 rings (SSSR count). The van der Waals surface area contributed by atoms with E-state index in [0.717, 1.165) is 22.1 Å². The van der Waals surface area contributed by atoms with Crippen molar-refractivity contribution in [1.82, 2.24) is 14.0 Å². The largest absolute Gasteiger partial charge is 0.480 e. The Kier molecular flexibility index (Phi) is 5.63. The summed E-state index contributed by atoms with van der Waals surface area (Å²) in [7, 11) is -4.09. The van der Waals surface area contributed by atoms with Crippen molar-refractivity contribution in [3.63, 3.8) is 0 Å². The standard InChI is InChI=1S/C20H21F3N4O4S/c21-20(22,23)15-6-7-17(24-13-15)26-8-10-27(11-9-26)32(30,31)25-19(18(28)29)12-16(19)14-4-2-1-3-5-14/h1-7,13,16,25H,8-12H2,(H,28,29)/t16-,19+/m0/s1. The highest BCUT2D eigenvalue weighted by Gasteiger charge is 2.63. The second-order valence-electron chi connectivity index (χ2n) is 7.84. The zero-order chi connectivity index (χ0) is 23.1. The number of aliphatic carboxylic acids is 1. The quantitative estimate of drug-likeness (QED) is 0.670. The summed E-state index contributed by atoms with van der Waals surface area (Å²) < 4.78 is 67.5. The summed E-state index contributed by atoms with van der Waals surface area (Å²) in [6.07, 6.45) is -3.58. The number of carboxylic acid groups (broad SMARTS) is 1. The predicted octanol–water partition coefficient (Wildman–Crippen LogP) is 2.07. The Morgan fingerprint density at radius 1 is 1.09 bits per heavy atom. The number of aromatic nitrogens is 1. The van der Waals surface area contributed by atoms with Crippen molar-refractivity contribution in [2.75, 3.05) is 31.1 Å². The van der Waals surface area contributed by atoms with Gasteiger partial charge in [-0.3, -0.25) is 4.79 Å². The molecule has 172 valence electrons. The molecule has 1 aliphatic carbocycles. The van der Waals surface area contributed by atoms with E-state index in [0.29, 0.717) is 5.82 Å². The molecule has 0 unspecified atom stereocenters. The molecule has 2 N–H and O–H groups in total. The first-order chi connectivity index (χ1) is 15.0. The van der Waals surface area contributed by atoms with Crippen molar-refractivity contribution < 1.29 is 31.5 Å². The highest BCUT2D eigenvalue weighted by Crippen LogP contribution is 2.52. The molecular weight excluding hydrogens is 449 g/mol. The number of carboxylic acids is 1. The van der Waals surface area contributed by atoms with E-state index in [9.17, 15) is 31.5 Å². The number of rotatable bonds is 6. The van der Waals surface area contributed by atoms with E-state index in [4.69, 9.17) is 0 Å². The number of halogens is 3. The van der Waals surface area contributed by atoms with E-state index in [1.165, 1.54) is 6.07 Å². The van der Waals surface area contributed by atoms with Crippen LogP contribution in [0.2, 0.25) is 0 Å². The molecule has 0 bridgehead atoms. The molecule has 32 heavy (non-hydrogen) atoms. The number of anilines is 1. The molecule has 1 aromatic carbocycles. The molecule has 12 heteroatoms. The van der Waals surface area contributed by atoms with E-state index in [1.807, 2.05) is 0 Å². The molecule has 0 spiro atoms. The lowest BCUT2D eigenvalue weighted by Gasteiger charge is -2.35. The highest BCUT2D eigenvalue weighted by atomic mass is 32.2. The molecule has 2 atom stereocenters. The number of nitrogens with one attached hydrogen (secondary N) is 1. The molecule has 2 fully saturated rings. The fourth-order valence-corrected chi connectivity index (χ4v) is 5.48. The van der Waals surface area contributed by atoms with Gasteiger partial charge in [-0.25, -0.2) is 4.98 Å². The van der Waals surface area contributed by atoms with Gasteiger partial charge in [0.1, 0.15) is 11.4 Å². The van der Waals surface area contributed by atoms with Gasteiger partial charge in [0.15, 0.2) is 0 Å². The van der Waals surface area contributed by atoms with Gasteiger partial charge >= 0.3 is 12.1 Å². The Labute approximate surface area is 182 Å². The maximum absolute atomic E-state index is 12.9. The minimum atomic E-state index is -4.48. The van der Waals surface area contributed by atoms with E-state index in [-0.39, 0.29) is 32.6 Å². The molecule has 0 radical (unpaired) electrons. The first-order valence-electron chi connectivity index (χ1n) is 9.88. The summed E-state index contributed by atoms with van der Waals surface area (Å²) in [6, 6.07) is 11.0. The third kappa shape index (κ3) is 4.30. The zero-order valence-electron chi connectivity index (χ0n) is 16.8. The summed E-state index contributed by atoms with van der Waals surface area (Å²) in [4.78, 5) is 17.4. The number of benzene rings is 1. The molecule has 2 aromatic rings. The van der Waals surface area contributed by atoms with Gasteiger partial charge in [0, 0.05) is 38.3 Å². The zero-order valence-corrected chi connectivity index (χ0v) is 17.6. The fraction of sp³-hybridized carbons (Fsp3) is 0.400. The summed E-state index contributed by atoms with van der Waals surface area (Å²) in [6.45, 7) is 0.510. The van der Waals surface area contributed by atoms with Crippen LogP contribution in [0, 0.1) is 0 Å². The molecule has 8 nitrogen and oxygen atoms in total. The molecule has 0 amide bonds. The lowest BCUT2D eigenvalue weighted by molar-refractivity contribution is -0.140. The number of carbonyl (C=O) groups is 1. The monoisotopic (exact) mass is 470 g/mol.